The maximum atomic E-state index is 10.6. The van der Waals surface area contributed by atoms with Crippen molar-refractivity contribution in [2.45, 2.75) is 25.4 Å². The number of thioether (sulfide) groups is 1. The Morgan fingerprint density at radius 3 is 2.55 bits per heavy atom. The maximum absolute atomic E-state index is 10.6. The van der Waals surface area contributed by atoms with E-state index in [-0.39, 0.29) is 5.75 Å². The Morgan fingerprint density at radius 2 is 1.95 bits per heavy atom. The third-order valence-corrected chi connectivity index (χ3v) is 3.65. The zero-order chi connectivity index (χ0) is 14.5. The number of aryl methyl sites for hydroxylation is 2. The lowest BCUT2D eigenvalue weighted by molar-refractivity contribution is -0.133. The summed E-state index contributed by atoms with van der Waals surface area (Å²) in [5.74, 6) is -0.897. The molecule has 0 saturated carbocycles. The molecular weight excluding hydrogens is 272 g/mol. The van der Waals surface area contributed by atoms with Gasteiger partial charge in [-0.2, -0.15) is 0 Å². The highest BCUT2D eigenvalue weighted by atomic mass is 32.2. The maximum Gasteiger partial charge on any atom is 0.313 e. The molecule has 4 nitrogen and oxygen atoms in total. The number of carbonyl (C=O) groups is 1. The SMILES string of the molecule is CCc1ccc(-c2cc(C)nc(SCC(=O)O)n2)cc1. The van der Waals surface area contributed by atoms with E-state index in [4.69, 9.17) is 5.11 Å². The molecule has 0 bridgehead atoms. The second-order valence-corrected chi connectivity index (χ2v) is 5.35. The van der Waals surface area contributed by atoms with E-state index in [0.717, 1.165) is 35.1 Å². The van der Waals surface area contributed by atoms with Crippen molar-refractivity contribution in [3.8, 4) is 11.3 Å². The van der Waals surface area contributed by atoms with Crippen molar-refractivity contribution in [1.29, 1.82) is 0 Å². The average Bonchev–Trinajstić information content (AvgIpc) is 2.44. The van der Waals surface area contributed by atoms with Crippen molar-refractivity contribution in [1.82, 2.24) is 9.97 Å². The molecule has 0 aliphatic rings. The van der Waals surface area contributed by atoms with Crippen LogP contribution in [-0.4, -0.2) is 26.8 Å². The predicted molar refractivity (Wildman–Crippen MR) is 79.9 cm³/mol. The lowest BCUT2D eigenvalue weighted by Gasteiger charge is -2.06. The molecule has 0 spiro atoms. The zero-order valence-corrected chi connectivity index (χ0v) is 12.3. The first-order valence-electron chi connectivity index (χ1n) is 6.38. The van der Waals surface area contributed by atoms with Gasteiger partial charge in [-0.25, -0.2) is 9.97 Å². The number of nitrogens with zero attached hydrogens (tertiary/aromatic N) is 2. The summed E-state index contributed by atoms with van der Waals surface area (Å²) < 4.78 is 0. The van der Waals surface area contributed by atoms with Crippen LogP contribution in [0.2, 0.25) is 0 Å². The molecule has 20 heavy (non-hydrogen) atoms. The number of hydrogen-bond donors (Lipinski definition) is 1. The van der Waals surface area contributed by atoms with Gasteiger partial charge in [0.1, 0.15) is 0 Å². The molecule has 0 atom stereocenters. The fourth-order valence-corrected chi connectivity index (χ4v) is 2.42. The monoisotopic (exact) mass is 288 g/mol. The highest BCUT2D eigenvalue weighted by Gasteiger charge is 2.07. The van der Waals surface area contributed by atoms with Gasteiger partial charge in [0.05, 0.1) is 11.4 Å². The first-order chi connectivity index (χ1) is 9.58. The summed E-state index contributed by atoms with van der Waals surface area (Å²) in [4.78, 5) is 19.3. The van der Waals surface area contributed by atoms with E-state index in [1.165, 1.54) is 5.56 Å². The quantitative estimate of drug-likeness (QED) is 0.676. The van der Waals surface area contributed by atoms with Crippen LogP contribution in [0.25, 0.3) is 11.3 Å². The smallest absolute Gasteiger partial charge is 0.313 e. The second kappa shape index (κ2) is 6.52. The van der Waals surface area contributed by atoms with Crippen LogP contribution < -0.4 is 0 Å². The predicted octanol–water partition coefficient (Wildman–Crippen LogP) is 3.19. The van der Waals surface area contributed by atoms with E-state index in [2.05, 4.69) is 29.0 Å². The fourth-order valence-electron chi connectivity index (χ4n) is 1.79. The Morgan fingerprint density at radius 1 is 1.25 bits per heavy atom. The van der Waals surface area contributed by atoms with E-state index in [1.54, 1.807) is 0 Å². The Bertz CT molecular complexity index is 612. The standard InChI is InChI=1S/C15H16N2O2S/c1-3-11-4-6-12(7-5-11)13-8-10(2)16-15(17-13)20-9-14(18)19/h4-8H,3,9H2,1-2H3,(H,18,19). The summed E-state index contributed by atoms with van der Waals surface area (Å²) in [5, 5.41) is 9.21. The fraction of sp³-hybridized carbons (Fsp3) is 0.267. The topological polar surface area (TPSA) is 63.1 Å². The molecule has 0 fully saturated rings. The second-order valence-electron chi connectivity index (χ2n) is 4.41. The molecule has 1 aromatic carbocycles. The van der Waals surface area contributed by atoms with Crippen molar-refractivity contribution in [2.24, 2.45) is 0 Å². The van der Waals surface area contributed by atoms with E-state index >= 15 is 0 Å². The van der Waals surface area contributed by atoms with Gasteiger partial charge in [0, 0.05) is 11.3 Å². The third-order valence-electron chi connectivity index (χ3n) is 2.82. The van der Waals surface area contributed by atoms with Crippen molar-refractivity contribution in [2.75, 3.05) is 5.75 Å². The van der Waals surface area contributed by atoms with Crippen LogP contribution in [0.4, 0.5) is 0 Å². The summed E-state index contributed by atoms with van der Waals surface area (Å²) >= 11 is 1.14. The normalized spacial score (nSPS) is 10.5. The number of carboxylic acid groups (broad SMARTS) is 1. The number of rotatable bonds is 5. The number of hydrogen-bond acceptors (Lipinski definition) is 4. The van der Waals surface area contributed by atoms with Crippen molar-refractivity contribution >= 4 is 17.7 Å². The molecule has 0 aliphatic carbocycles. The summed E-state index contributed by atoms with van der Waals surface area (Å²) in [7, 11) is 0. The number of benzene rings is 1. The lowest BCUT2D eigenvalue weighted by atomic mass is 10.1. The molecule has 2 rings (SSSR count). The van der Waals surface area contributed by atoms with Crippen LogP contribution in [0.15, 0.2) is 35.5 Å². The Kier molecular flexibility index (Phi) is 4.74. The molecule has 104 valence electrons. The molecule has 1 aromatic heterocycles. The molecule has 0 amide bonds. The van der Waals surface area contributed by atoms with E-state index in [1.807, 2.05) is 25.1 Å². The first-order valence-corrected chi connectivity index (χ1v) is 7.36. The lowest BCUT2D eigenvalue weighted by Crippen LogP contribution is -2.00. The number of carboxylic acids is 1. The molecule has 0 unspecified atom stereocenters. The Balaban J connectivity index is 2.28. The average molecular weight is 288 g/mol. The molecule has 1 heterocycles. The van der Waals surface area contributed by atoms with E-state index < -0.39 is 5.97 Å². The highest BCUT2D eigenvalue weighted by Crippen LogP contribution is 2.22. The van der Waals surface area contributed by atoms with Gasteiger partial charge in [-0.15, -0.1) is 0 Å². The molecule has 1 N–H and O–H groups in total. The number of aliphatic carboxylic acids is 1. The largest absolute Gasteiger partial charge is 0.481 e. The molecule has 5 heteroatoms. The zero-order valence-electron chi connectivity index (χ0n) is 11.5. The van der Waals surface area contributed by atoms with Crippen molar-refractivity contribution in [3.63, 3.8) is 0 Å². The molecular formula is C15H16N2O2S. The van der Waals surface area contributed by atoms with Crippen LogP contribution in [0.5, 0.6) is 0 Å². The highest BCUT2D eigenvalue weighted by molar-refractivity contribution is 7.99. The molecule has 0 saturated heterocycles. The Hall–Kier alpha value is -1.88. The van der Waals surface area contributed by atoms with E-state index in [0.29, 0.717) is 5.16 Å². The minimum Gasteiger partial charge on any atom is -0.481 e. The summed E-state index contributed by atoms with van der Waals surface area (Å²) in [6, 6.07) is 10.1. The van der Waals surface area contributed by atoms with Crippen LogP contribution in [0, 0.1) is 6.92 Å². The van der Waals surface area contributed by atoms with Crippen LogP contribution in [-0.2, 0) is 11.2 Å². The van der Waals surface area contributed by atoms with Crippen LogP contribution in [0.1, 0.15) is 18.2 Å². The summed E-state index contributed by atoms with van der Waals surface area (Å²) in [6.45, 7) is 4.00. The minimum atomic E-state index is -0.867. The van der Waals surface area contributed by atoms with Gasteiger partial charge in [-0.05, 0) is 25.0 Å². The summed E-state index contributed by atoms with van der Waals surface area (Å²) in [6.07, 6.45) is 1.00. The van der Waals surface area contributed by atoms with Crippen LogP contribution in [0.3, 0.4) is 0 Å². The van der Waals surface area contributed by atoms with Crippen LogP contribution >= 0.6 is 11.8 Å². The molecule has 0 radical (unpaired) electrons. The molecule has 0 aliphatic heterocycles. The number of aromatic nitrogens is 2. The van der Waals surface area contributed by atoms with E-state index in [9.17, 15) is 4.79 Å². The third kappa shape index (κ3) is 3.81. The van der Waals surface area contributed by atoms with Gasteiger partial charge in [0.15, 0.2) is 5.16 Å². The van der Waals surface area contributed by atoms with Gasteiger partial charge in [0.25, 0.3) is 0 Å². The minimum absolute atomic E-state index is 0.0301. The Labute approximate surface area is 122 Å². The van der Waals surface area contributed by atoms with Gasteiger partial charge >= 0.3 is 5.97 Å². The van der Waals surface area contributed by atoms with Crippen molar-refractivity contribution < 1.29 is 9.90 Å². The summed E-state index contributed by atoms with van der Waals surface area (Å²) in [5.41, 5.74) is 3.96. The van der Waals surface area contributed by atoms with Gasteiger partial charge in [-0.1, -0.05) is 43.0 Å². The van der Waals surface area contributed by atoms with Crippen molar-refractivity contribution in [3.05, 3.63) is 41.6 Å². The van der Waals surface area contributed by atoms with Gasteiger partial charge < -0.3 is 5.11 Å². The van der Waals surface area contributed by atoms with Gasteiger partial charge in [0.2, 0.25) is 0 Å². The van der Waals surface area contributed by atoms with Gasteiger partial charge in [-0.3, -0.25) is 4.79 Å². The first kappa shape index (κ1) is 14.5. The molecule has 2 aromatic rings.